The first-order chi connectivity index (χ1) is 8.53. The van der Waals surface area contributed by atoms with E-state index in [1.165, 1.54) is 5.56 Å². The third kappa shape index (κ3) is 3.33. The Morgan fingerprint density at radius 3 is 2.39 bits per heavy atom. The highest BCUT2D eigenvalue weighted by Crippen LogP contribution is 2.32. The molecule has 0 aliphatic carbocycles. The van der Waals surface area contributed by atoms with E-state index in [1.807, 2.05) is 32.0 Å². The fourth-order valence-electron chi connectivity index (χ4n) is 2.32. The Morgan fingerprint density at radius 1 is 1.33 bits per heavy atom. The molecule has 1 unspecified atom stereocenters. The van der Waals surface area contributed by atoms with Crippen LogP contribution in [0.3, 0.4) is 0 Å². The van der Waals surface area contributed by atoms with Crippen molar-refractivity contribution in [1.29, 1.82) is 0 Å². The molecule has 0 saturated carbocycles. The SMILES string of the molecule is CC(C)C(CN)(CCCc1ccccc1)C(=O)O. The minimum atomic E-state index is -0.783. The Balaban J connectivity index is 2.61. The first kappa shape index (κ1) is 14.7. The number of hydrogen-bond acceptors (Lipinski definition) is 2. The normalized spacial score (nSPS) is 14.4. The molecule has 1 atom stereocenters. The van der Waals surface area contributed by atoms with Crippen molar-refractivity contribution in [2.75, 3.05) is 6.54 Å². The van der Waals surface area contributed by atoms with E-state index in [-0.39, 0.29) is 12.5 Å². The molecule has 3 N–H and O–H groups in total. The van der Waals surface area contributed by atoms with Crippen molar-refractivity contribution in [3.8, 4) is 0 Å². The van der Waals surface area contributed by atoms with Gasteiger partial charge in [-0.05, 0) is 30.7 Å². The highest BCUT2D eigenvalue weighted by Gasteiger charge is 2.39. The first-order valence-corrected chi connectivity index (χ1v) is 6.50. The molecule has 1 aromatic carbocycles. The van der Waals surface area contributed by atoms with E-state index in [0.29, 0.717) is 6.42 Å². The Kier molecular flexibility index (Phi) is 5.35. The van der Waals surface area contributed by atoms with Gasteiger partial charge >= 0.3 is 5.97 Å². The Bertz CT molecular complexity index is 375. The van der Waals surface area contributed by atoms with Crippen LogP contribution in [-0.2, 0) is 11.2 Å². The molecule has 3 nitrogen and oxygen atoms in total. The number of aliphatic carboxylic acids is 1. The van der Waals surface area contributed by atoms with E-state index in [1.54, 1.807) is 0 Å². The number of nitrogens with two attached hydrogens (primary N) is 1. The summed E-state index contributed by atoms with van der Waals surface area (Å²) >= 11 is 0. The molecule has 0 aliphatic rings. The monoisotopic (exact) mass is 249 g/mol. The van der Waals surface area contributed by atoms with Crippen LogP contribution in [0.5, 0.6) is 0 Å². The summed E-state index contributed by atoms with van der Waals surface area (Å²) in [5.41, 5.74) is 6.17. The topological polar surface area (TPSA) is 63.3 Å². The van der Waals surface area contributed by atoms with Crippen molar-refractivity contribution >= 4 is 5.97 Å². The zero-order valence-corrected chi connectivity index (χ0v) is 11.2. The summed E-state index contributed by atoms with van der Waals surface area (Å²) in [6, 6.07) is 10.1. The predicted octanol–water partition coefficient (Wildman–Crippen LogP) is 2.70. The van der Waals surface area contributed by atoms with Crippen LogP contribution < -0.4 is 5.73 Å². The van der Waals surface area contributed by atoms with Gasteiger partial charge in [-0.25, -0.2) is 0 Å². The maximum atomic E-state index is 11.5. The molecule has 0 spiro atoms. The van der Waals surface area contributed by atoms with Crippen LogP contribution in [0.4, 0.5) is 0 Å². The lowest BCUT2D eigenvalue weighted by molar-refractivity contribution is -0.151. The minimum Gasteiger partial charge on any atom is -0.481 e. The van der Waals surface area contributed by atoms with Crippen LogP contribution in [-0.4, -0.2) is 17.6 Å². The number of rotatable bonds is 7. The quantitative estimate of drug-likeness (QED) is 0.781. The lowest BCUT2D eigenvalue weighted by Gasteiger charge is -2.32. The van der Waals surface area contributed by atoms with E-state index >= 15 is 0 Å². The van der Waals surface area contributed by atoms with Crippen molar-refractivity contribution in [3.05, 3.63) is 35.9 Å². The molecule has 0 aromatic heterocycles. The van der Waals surface area contributed by atoms with Gasteiger partial charge in [-0.2, -0.15) is 0 Å². The maximum absolute atomic E-state index is 11.5. The summed E-state index contributed by atoms with van der Waals surface area (Å²) in [5, 5.41) is 9.41. The molecule has 100 valence electrons. The fraction of sp³-hybridized carbons (Fsp3) is 0.533. The van der Waals surface area contributed by atoms with Gasteiger partial charge in [-0.15, -0.1) is 0 Å². The molecule has 0 aliphatic heterocycles. The zero-order chi connectivity index (χ0) is 13.6. The van der Waals surface area contributed by atoms with Gasteiger partial charge in [-0.1, -0.05) is 44.2 Å². The summed E-state index contributed by atoms with van der Waals surface area (Å²) in [7, 11) is 0. The van der Waals surface area contributed by atoms with Gasteiger partial charge in [0.25, 0.3) is 0 Å². The van der Waals surface area contributed by atoms with E-state index < -0.39 is 11.4 Å². The zero-order valence-electron chi connectivity index (χ0n) is 11.2. The average molecular weight is 249 g/mol. The smallest absolute Gasteiger partial charge is 0.311 e. The molecule has 1 rings (SSSR count). The van der Waals surface area contributed by atoms with Crippen LogP contribution in [0.2, 0.25) is 0 Å². The molecule has 0 amide bonds. The van der Waals surface area contributed by atoms with Crippen molar-refractivity contribution in [1.82, 2.24) is 0 Å². The van der Waals surface area contributed by atoms with Gasteiger partial charge in [-0.3, -0.25) is 4.79 Å². The fourth-order valence-corrected chi connectivity index (χ4v) is 2.32. The predicted molar refractivity (Wildman–Crippen MR) is 73.3 cm³/mol. The second kappa shape index (κ2) is 6.55. The molecule has 0 heterocycles. The molecule has 0 saturated heterocycles. The molecular formula is C15H23NO2. The largest absolute Gasteiger partial charge is 0.481 e. The van der Waals surface area contributed by atoms with Crippen LogP contribution in [0.25, 0.3) is 0 Å². The van der Waals surface area contributed by atoms with Gasteiger partial charge in [0.05, 0.1) is 5.41 Å². The number of carboxylic acids is 1. The van der Waals surface area contributed by atoms with Gasteiger partial charge in [0, 0.05) is 6.54 Å². The number of benzene rings is 1. The van der Waals surface area contributed by atoms with Crippen LogP contribution >= 0.6 is 0 Å². The van der Waals surface area contributed by atoms with Gasteiger partial charge in [0.1, 0.15) is 0 Å². The summed E-state index contributed by atoms with van der Waals surface area (Å²) in [5.74, 6) is -0.719. The lowest BCUT2D eigenvalue weighted by Crippen LogP contribution is -2.43. The van der Waals surface area contributed by atoms with Gasteiger partial charge in [0.2, 0.25) is 0 Å². The van der Waals surface area contributed by atoms with Crippen molar-refractivity contribution in [3.63, 3.8) is 0 Å². The third-order valence-electron chi connectivity index (χ3n) is 3.83. The first-order valence-electron chi connectivity index (χ1n) is 6.50. The summed E-state index contributed by atoms with van der Waals surface area (Å²) < 4.78 is 0. The number of carbonyl (C=O) groups is 1. The highest BCUT2D eigenvalue weighted by atomic mass is 16.4. The summed E-state index contributed by atoms with van der Waals surface area (Å²) in [6.45, 7) is 4.07. The maximum Gasteiger partial charge on any atom is 0.311 e. The molecule has 3 heteroatoms. The molecular weight excluding hydrogens is 226 g/mol. The highest BCUT2D eigenvalue weighted by molar-refractivity contribution is 5.75. The lowest BCUT2D eigenvalue weighted by atomic mass is 9.73. The van der Waals surface area contributed by atoms with Crippen molar-refractivity contribution in [2.24, 2.45) is 17.1 Å². The molecule has 18 heavy (non-hydrogen) atoms. The number of aryl methyl sites for hydroxylation is 1. The van der Waals surface area contributed by atoms with Crippen LogP contribution in [0, 0.1) is 11.3 Å². The standard InChI is InChI=1S/C15H23NO2/c1-12(2)15(11-16,14(17)18)10-6-9-13-7-4-3-5-8-13/h3-5,7-8,12H,6,9-11,16H2,1-2H3,(H,17,18). The van der Waals surface area contributed by atoms with E-state index in [9.17, 15) is 9.90 Å². The van der Waals surface area contributed by atoms with Crippen LogP contribution in [0.1, 0.15) is 32.3 Å². The molecule has 0 bridgehead atoms. The Hall–Kier alpha value is -1.35. The second-order valence-corrected chi connectivity index (χ2v) is 5.16. The Morgan fingerprint density at radius 2 is 1.94 bits per heavy atom. The van der Waals surface area contributed by atoms with E-state index in [2.05, 4.69) is 12.1 Å². The minimum absolute atomic E-state index is 0.0516. The van der Waals surface area contributed by atoms with Crippen LogP contribution in [0.15, 0.2) is 30.3 Å². The second-order valence-electron chi connectivity index (χ2n) is 5.16. The van der Waals surface area contributed by atoms with Gasteiger partial charge < -0.3 is 10.8 Å². The average Bonchev–Trinajstić information content (AvgIpc) is 2.35. The number of hydrogen-bond donors (Lipinski definition) is 2. The molecule has 0 radical (unpaired) electrons. The Labute approximate surface area is 109 Å². The number of carboxylic acid groups (broad SMARTS) is 1. The molecule has 1 aromatic rings. The summed E-state index contributed by atoms with van der Waals surface area (Å²) in [6.07, 6.45) is 2.39. The van der Waals surface area contributed by atoms with Gasteiger partial charge in [0.15, 0.2) is 0 Å². The summed E-state index contributed by atoms with van der Waals surface area (Å²) in [4.78, 5) is 11.5. The van der Waals surface area contributed by atoms with Crippen molar-refractivity contribution in [2.45, 2.75) is 33.1 Å². The van der Waals surface area contributed by atoms with E-state index in [0.717, 1.165) is 12.8 Å². The van der Waals surface area contributed by atoms with E-state index in [4.69, 9.17) is 5.73 Å². The van der Waals surface area contributed by atoms with Crippen molar-refractivity contribution < 1.29 is 9.90 Å². The third-order valence-corrected chi connectivity index (χ3v) is 3.83. The molecule has 0 fully saturated rings.